The van der Waals surface area contributed by atoms with Crippen LogP contribution in [-0.2, 0) is 32.7 Å². The van der Waals surface area contributed by atoms with Crippen LogP contribution in [0.3, 0.4) is 0 Å². The van der Waals surface area contributed by atoms with Crippen LogP contribution >= 0.6 is 7.82 Å². The summed E-state index contributed by atoms with van der Waals surface area (Å²) in [4.78, 5) is 35.2. The van der Waals surface area contributed by atoms with Gasteiger partial charge in [0.1, 0.15) is 19.8 Å². The Morgan fingerprint density at radius 2 is 0.803 bits per heavy atom. The Labute approximate surface area is 433 Å². The number of hydrogen-bond donors (Lipinski definition) is 1. The highest BCUT2D eigenvalue weighted by molar-refractivity contribution is 7.47. The molecule has 0 radical (unpaired) electrons. The molecule has 9 nitrogen and oxygen atoms in total. The molecule has 0 spiro atoms. The normalized spacial score (nSPS) is 14.5. The van der Waals surface area contributed by atoms with Crippen molar-refractivity contribution in [3.63, 3.8) is 0 Å². The Balaban J connectivity index is 4.09. The van der Waals surface area contributed by atoms with Crippen LogP contribution in [0.1, 0.15) is 174 Å². The minimum Gasteiger partial charge on any atom is -0.462 e. The largest absolute Gasteiger partial charge is 0.472 e. The maximum atomic E-state index is 12.7. The molecule has 71 heavy (non-hydrogen) atoms. The molecule has 2 atom stereocenters. The second-order valence-electron chi connectivity index (χ2n) is 18.5. The Kier molecular flexibility index (Phi) is 47.9. The van der Waals surface area contributed by atoms with Crippen molar-refractivity contribution in [3.05, 3.63) is 146 Å². The summed E-state index contributed by atoms with van der Waals surface area (Å²) >= 11 is 0. The van der Waals surface area contributed by atoms with Gasteiger partial charge in [-0.3, -0.25) is 18.6 Å². The van der Waals surface area contributed by atoms with Crippen LogP contribution in [0.15, 0.2) is 146 Å². The highest BCUT2D eigenvalue weighted by Crippen LogP contribution is 2.43. The average molecular weight is 1010 g/mol. The molecule has 1 N–H and O–H groups in total. The smallest absolute Gasteiger partial charge is 0.462 e. The van der Waals surface area contributed by atoms with Gasteiger partial charge in [-0.05, 0) is 103 Å². The summed E-state index contributed by atoms with van der Waals surface area (Å²) in [5.41, 5.74) is 0. The Morgan fingerprint density at radius 1 is 0.451 bits per heavy atom. The Bertz CT molecular complexity index is 1700. The maximum absolute atomic E-state index is 12.7. The number of rotatable bonds is 47. The van der Waals surface area contributed by atoms with Crippen LogP contribution in [0.5, 0.6) is 0 Å². The third-order valence-electron chi connectivity index (χ3n) is 10.6. The lowest BCUT2D eigenvalue weighted by Gasteiger charge is -2.24. The van der Waals surface area contributed by atoms with Gasteiger partial charge in [-0.1, -0.05) is 205 Å². The van der Waals surface area contributed by atoms with E-state index in [2.05, 4.69) is 160 Å². The van der Waals surface area contributed by atoms with Gasteiger partial charge in [0.2, 0.25) is 0 Å². The molecule has 2 unspecified atom stereocenters. The number of esters is 2. The van der Waals surface area contributed by atoms with Crippen molar-refractivity contribution in [2.45, 2.75) is 180 Å². The topological polar surface area (TPSA) is 108 Å². The molecule has 0 amide bonds. The Hall–Kier alpha value is -4.11. The number of quaternary nitrogens is 1. The number of nitrogens with zero attached hydrogens (tertiary/aromatic N) is 1. The highest BCUT2D eigenvalue weighted by Gasteiger charge is 2.27. The van der Waals surface area contributed by atoms with Gasteiger partial charge in [0.05, 0.1) is 27.7 Å². The zero-order valence-electron chi connectivity index (χ0n) is 45.1. The van der Waals surface area contributed by atoms with Gasteiger partial charge in [-0.2, -0.15) is 0 Å². The summed E-state index contributed by atoms with van der Waals surface area (Å²) in [5, 5.41) is 0. The number of carbonyl (C=O) groups excluding carboxylic acids is 2. The maximum Gasteiger partial charge on any atom is 0.472 e. The predicted octanol–water partition coefficient (Wildman–Crippen LogP) is 16.7. The predicted molar refractivity (Wildman–Crippen MR) is 302 cm³/mol. The molecule has 0 fully saturated rings. The zero-order valence-corrected chi connectivity index (χ0v) is 46.0. The summed E-state index contributed by atoms with van der Waals surface area (Å²) in [6.07, 6.45) is 75.4. The van der Waals surface area contributed by atoms with Crippen LogP contribution in [0.4, 0.5) is 0 Å². The lowest BCUT2D eigenvalue weighted by atomic mass is 10.1. The van der Waals surface area contributed by atoms with Gasteiger partial charge in [-0.25, -0.2) is 4.57 Å². The fourth-order valence-corrected chi connectivity index (χ4v) is 7.21. The minimum atomic E-state index is -4.39. The van der Waals surface area contributed by atoms with Crippen molar-refractivity contribution in [3.8, 4) is 0 Å². The van der Waals surface area contributed by atoms with Crippen molar-refractivity contribution < 1.29 is 42.1 Å². The van der Waals surface area contributed by atoms with Crippen molar-refractivity contribution in [2.24, 2.45) is 0 Å². The highest BCUT2D eigenvalue weighted by atomic mass is 31.2. The molecule has 0 aliphatic carbocycles. The van der Waals surface area contributed by atoms with Crippen molar-refractivity contribution >= 4 is 19.8 Å². The van der Waals surface area contributed by atoms with Crippen LogP contribution in [0.2, 0.25) is 0 Å². The SMILES string of the molecule is CC/C=C\C/C=C\C/C=C\C/C=C\C/C=C\C/C=C\C/C=C\C/C=C\C/C=C\C/C=C\C/C=C\C/C=C\CCCCCCC(=O)OC(COC(=O)CCCCCCCC)COP(=O)(O)OCC[N+](C)(C)C. The molecule has 0 aromatic carbocycles. The van der Waals surface area contributed by atoms with Crippen LogP contribution in [0.25, 0.3) is 0 Å². The Morgan fingerprint density at radius 3 is 1.20 bits per heavy atom. The van der Waals surface area contributed by atoms with E-state index in [1.54, 1.807) is 0 Å². The first-order valence-electron chi connectivity index (χ1n) is 27.1. The first-order valence-corrected chi connectivity index (χ1v) is 28.6. The third kappa shape index (κ3) is 55.1. The molecule has 10 heteroatoms. The molecular weight excluding hydrogens is 906 g/mol. The molecule has 0 aromatic rings. The van der Waals surface area contributed by atoms with E-state index in [0.717, 1.165) is 135 Å². The van der Waals surface area contributed by atoms with E-state index >= 15 is 0 Å². The lowest BCUT2D eigenvalue weighted by Crippen LogP contribution is -2.37. The lowest BCUT2D eigenvalue weighted by molar-refractivity contribution is -0.870. The number of likely N-dealkylation sites (N-methyl/N-ethyl adjacent to an activating group) is 1. The minimum absolute atomic E-state index is 0.0194. The zero-order chi connectivity index (χ0) is 52.0. The van der Waals surface area contributed by atoms with E-state index in [1.807, 2.05) is 21.1 Å². The van der Waals surface area contributed by atoms with Gasteiger partial charge < -0.3 is 18.9 Å². The summed E-state index contributed by atoms with van der Waals surface area (Å²) in [6, 6.07) is 0. The molecule has 0 aliphatic heterocycles. The van der Waals surface area contributed by atoms with E-state index in [0.29, 0.717) is 17.4 Å². The number of phosphoric acid groups is 1. The first-order chi connectivity index (χ1) is 34.5. The fraction of sp³-hybridized carbons (Fsp3) is 0.574. The molecule has 0 heterocycles. The van der Waals surface area contributed by atoms with Crippen LogP contribution in [0, 0.1) is 0 Å². The first kappa shape index (κ1) is 66.9. The number of unbranched alkanes of at least 4 members (excludes halogenated alkanes) is 9. The number of phosphoric ester groups is 1. The van der Waals surface area contributed by atoms with E-state index < -0.39 is 32.5 Å². The second-order valence-corrected chi connectivity index (χ2v) is 20.0. The standard InChI is InChI=1S/C61H98NO8P/c1-6-8-10-12-14-15-16-17-18-19-20-21-22-23-24-25-26-27-28-29-30-31-32-33-34-35-36-37-38-39-40-41-42-43-44-45-46-47-48-50-52-54-61(64)70-59(57-67-60(63)53-51-49-13-11-9-7-2)58-69-71(65,66)68-56-55-62(3,4)5/h8,10,14-15,17-18,20-21,23-24,26-27,29-30,32-33,35-36,38-39,41-42,44-45,59H,6-7,9,11-13,16,19,22,25,28,31,34,37,40,43,46-58H2,1-5H3/p+1/b10-8-,15-14-,18-17-,21-20-,24-23-,27-26-,30-29-,33-32-,36-35-,39-38-,42-41-,45-44-. The van der Waals surface area contributed by atoms with E-state index in [-0.39, 0.29) is 26.1 Å². The molecule has 0 aromatic heterocycles. The number of carbonyl (C=O) groups is 2. The number of allylic oxidation sites excluding steroid dienone is 24. The third-order valence-corrected chi connectivity index (χ3v) is 11.6. The monoisotopic (exact) mass is 1000 g/mol. The summed E-state index contributed by atoms with van der Waals surface area (Å²) in [7, 11) is 1.44. The fourth-order valence-electron chi connectivity index (χ4n) is 6.46. The molecule has 0 saturated heterocycles. The van der Waals surface area contributed by atoms with Gasteiger partial charge in [-0.15, -0.1) is 0 Å². The molecule has 400 valence electrons. The van der Waals surface area contributed by atoms with Crippen LogP contribution in [-0.4, -0.2) is 74.9 Å². The number of ether oxygens (including phenoxy) is 2. The summed E-state index contributed by atoms with van der Waals surface area (Å²) < 4.78 is 34.2. The molecule has 0 saturated carbocycles. The van der Waals surface area contributed by atoms with Crippen molar-refractivity contribution in [2.75, 3.05) is 47.5 Å². The summed E-state index contributed by atoms with van der Waals surface area (Å²) in [6.45, 7) is 4.17. The van der Waals surface area contributed by atoms with Crippen molar-refractivity contribution in [1.29, 1.82) is 0 Å². The quantitative estimate of drug-likeness (QED) is 0.0211. The molecule has 0 bridgehead atoms. The number of hydrogen-bond acceptors (Lipinski definition) is 7. The van der Waals surface area contributed by atoms with Crippen LogP contribution < -0.4 is 0 Å². The second kappa shape index (κ2) is 50.8. The average Bonchev–Trinajstić information content (AvgIpc) is 3.33. The van der Waals surface area contributed by atoms with Gasteiger partial charge in [0.15, 0.2) is 6.10 Å². The van der Waals surface area contributed by atoms with Crippen molar-refractivity contribution in [1.82, 2.24) is 0 Å². The molecule has 0 aliphatic rings. The van der Waals surface area contributed by atoms with Gasteiger partial charge in [0, 0.05) is 12.8 Å². The van der Waals surface area contributed by atoms with E-state index in [9.17, 15) is 19.0 Å². The van der Waals surface area contributed by atoms with E-state index in [1.165, 1.54) is 6.42 Å². The van der Waals surface area contributed by atoms with E-state index in [4.69, 9.17) is 18.5 Å². The summed E-state index contributed by atoms with van der Waals surface area (Å²) in [5.74, 6) is -0.851. The molecular formula is C61H99NO8P+. The van der Waals surface area contributed by atoms with Gasteiger partial charge >= 0.3 is 19.8 Å². The van der Waals surface area contributed by atoms with Gasteiger partial charge in [0.25, 0.3) is 0 Å². The molecule has 0 rings (SSSR count).